The average Bonchev–Trinajstić information content (AvgIpc) is 2.59. The second-order valence-electron chi connectivity index (χ2n) is 5.32. The Morgan fingerprint density at radius 2 is 1.22 bits per heavy atom. The van der Waals surface area contributed by atoms with Gasteiger partial charge in [-0.3, -0.25) is 4.21 Å². The van der Waals surface area contributed by atoms with Crippen LogP contribution in [0, 0.1) is 5.82 Å². The summed E-state index contributed by atoms with van der Waals surface area (Å²) >= 11 is 0. The van der Waals surface area contributed by atoms with Crippen molar-refractivity contribution in [1.82, 2.24) is 0 Å². The molecule has 3 aromatic carbocycles. The molecule has 23 heavy (non-hydrogen) atoms. The molecular weight excluding hydrogens is 307 g/mol. The van der Waals surface area contributed by atoms with Gasteiger partial charge in [-0.15, -0.1) is 0 Å². The van der Waals surface area contributed by atoms with Crippen molar-refractivity contribution in [3.05, 3.63) is 107 Å². The van der Waals surface area contributed by atoms with Gasteiger partial charge in [0.1, 0.15) is 5.82 Å². The van der Waals surface area contributed by atoms with Gasteiger partial charge < -0.3 is 0 Å². The molecule has 0 aromatic heterocycles. The van der Waals surface area contributed by atoms with Gasteiger partial charge in [0.2, 0.25) is 0 Å². The molecule has 0 aliphatic rings. The summed E-state index contributed by atoms with van der Waals surface area (Å²) in [5.41, 5.74) is 2.45. The third kappa shape index (κ3) is 3.74. The van der Waals surface area contributed by atoms with E-state index < -0.39 is 10.8 Å². The van der Waals surface area contributed by atoms with Crippen LogP contribution in [0.15, 0.2) is 84.9 Å². The molecule has 3 aromatic rings. The number of benzene rings is 3. The van der Waals surface area contributed by atoms with E-state index in [-0.39, 0.29) is 16.8 Å². The van der Waals surface area contributed by atoms with E-state index in [0.717, 1.165) is 11.1 Å². The lowest BCUT2D eigenvalue weighted by molar-refractivity contribution is 0.615. The Labute approximate surface area is 138 Å². The molecule has 0 spiro atoms. The van der Waals surface area contributed by atoms with Crippen LogP contribution >= 0.6 is 0 Å². The summed E-state index contributed by atoms with van der Waals surface area (Å²) in [5.74, 6) is -0.109. The fourth-order valence-electron chi connectivity index (χ4n) is 2.60. The van der Waals surface area contributed by atoms with Crippen LogP contribution in [-0.4, -0.2) is 4.21 Å². The number of hydrogen-bond donors (Lipinski definition) is 0. The normalized spacial score (nSPS) is 12.3. The van der Waals surface area contributed by atoms with E-state index in [1.807, 2.05) is 60.7 Å². The van der Waals surface area contributed by atoms with Crippen molar-refractivity contribution in [1.29, 1.82) is 0 Å². The predicted molar refractivity (Wildman–Crippen MR) is 93.0 cm³/mol. The third-order valence-corrected chi connectivity index (χ3v) is 5.39. The molecule has 0 fully saturated rings. The Morgan fingerprint density at radius 3 is 1.74 bits per heavy atom. The Bertz CT molecular complexity index is 748. The molecule has 1 nitrogen and oxygen atoms in total. The first kappa shape index (κ1) is 15.6. The van der Waals surface area contributed by atoms with Crippen molar-refractivity contribution in [2.75, 3.05) is 0 Å². The maximum absolute atomic E-state index is 13.9. The van der Waals surface area contributed by atoms with Crippen LogP contribution in [0.4, 0.5) is 4.39 Å². The van der Waals surface area contributed by atoms with Gasteiger partial charge in [0, 0.05) is 16.4 Å². The minimum absolute atomic E-state index is 0.196. The van der Waals surface area contributed by atoms with Crippen molar-refractivity contribution >= 4 is 10.8 Å². The molecule has 0 amide bonds. The zero-order chi connectivity index (χ0) is 16.1. The molecule has 0 radical (unpaired) electrons. The minimum Gasteiger partial charge on any atom is -0.258 e. The fraction of sp³-hybridized carbons (Fsp3) is 0.100. The van der Waals surface area contributed by atoms with Gasteiger partial charge in [-0.2, -0.15) is 0 Å². The quantitative estimate of drug-likeness (QED) is 0.655. The first-order valence-electron chi connectivity index (χ1n) is 7.46. The lowest BCUT2D eigenvalue weighted by Gasteiger charge is -2.18. The van der Waals surface area contributed by atoms with E-state index in [4.69, 9.17) is 0 Å². The summed E-state index contributed by atoms with van der Waals surface area (Å²) in [6.07, 6.45) is 0. The SMILES string of the molecule is O=S(Cc1ccccc1F)C(c1ccccc1)c1ccccc1. The van der Waals surface area contributed by atoms with Gasteiger partial charge >= 0.3 is 0 Å². The van der Waals surface area contributed by atoms with Crippen molar-refractivity contribution in [3.8, 4) is 0 Å². The summed E-state index contributed by atoms with van der Waals surface area (Å²) in [6, 6.07) is 26.0. The molecule has 116 valence electrons. The van der Waals surface area contributed by atoms with Crippen LogP contribution < -0.4 is 0 Å². The van der Waals surface area contributed by atoms with Gasteiger partial charge in [-0.05, 0) is 17.2 Å². The van der Waals surface area contributed by atoms with E-state index in [1.54, 1.807) is 18.2 Å². The van der Waals surface area contributed by atoms with E-state index in [9.17, 15) is 8.60 Å². The van der Waals surface area contributed by atoms with Gasteiger partial charge in [0.15, 0.2) is 0 Å². The lowest BCUT2D eigenvalue weighted by Crippen LogP contribution is -2.11. The van der Waals surface area contributed by atoms with Crippen LogP contribution in [-0.2, 0) is 16.6 Å². The largest absolute Gasteiger partial charge is 0.258 e. The molecule has 0 aliphatic heterocycles. The summed E-state index contributed by atoms with van der Waals surface area (Å²) in [5, 5.41) is -0.267. The summed E-state index contributed by atoms with van der Waals surface area (Å²) < 4.78 is 26.9. The van der Waals surface area contributed by atoms with Gasteiger partial charge in [0.05, 0.1) is 11.0 Å². The fourth-order valence-corrected chi connectivity index (χ4v) is 4.23. The topological polar surface area (TPSA) is 17.1 Å². The number of halogens is 1. The third-order valence-electron chi connectivity index (χ3n) is 3.72. The highest BCUT2D eigenvalue weighted by atomic mass is 32.2. The Hall–Kier alpha value is -2.26. The van der Waals surface area contributed by atoms with E-state index >= 15 is 0 Å². The van der Waals surface area contributed by atoms with E-state index in [0.29, 0.717) is 5.56 Å². The number of rotatable bonds is 5. The molecule has 1 atom stereocenters. The highest BCUT2D eigenvalue weighted by molar-refractivity contribution is 7.84. The maximum Gasteiger partial charge on any atom is 0.127 e. The monoisotopic (exact) mass is 324 g/mol. The maximum atomic E-state index is 13.9. The van der Waals surface area contributed by atoms with Crippen LogP contribution in [0.1, 0.15) is 21.9 Å². The molecule has 0 bridgehead atoms. The molecule has 0 heterocycles. The van der Waals surface area contributed by atoms with E-state index in [1.165, 1.54) is 6.07 Å². The summed E-state index contributed by atoms with van der Waals surface area (Å²) in [7, 11) is -1.26. The standard InChI is InChI=1S/C20H17FOS/c21-19-14-8-7-13-18(19)15-23(22)20(16-9-3-1-4-10-16)17-11-5-2-6-12-17/h1-14,20H,15H2. The molecule has 0 saturated carbocycles. The predicted octanol–water partition coefficient (Wildman–Crippen LogP) is 4.86. The first-order valence-corrected chi connectivity index (χ1v) is 8.84. The van der Waals surface area contributed by atoms with Crippen LogP contribution in [0.25, 0.3) is 0 Å². The molecule has 3 rings (SSSR count). The van der Waals surface area contributed by atoms with E-state index in [2.05, 4.69) is 0 Å². The molecule has 0 N–H and O–H groups in total. The van der Waals surface area contributed by atoms with Gasteiger partial charge in [-0.25, -0.2) is 4.39 Å². The lowest BCUT2D eigenvalue weighted by atomic mass is 10.0. The number of hydrogen-bond acceptors (Lipinski definition) is 1. The zero-order valence-corrected chi connectivity index (χ0v) is 13.4. The molecule has 1 unspecified atom stereocenters. The van der Waals surface area contributed by atoms with Crippen LogP contribution in [0.2, 0.25) is 0 Å². The Balaban J connectivity index is 1.96. The zero-order valence-electron chi connectivity index (χ0n) is 12.6. The highest BCUT2D eigenvalue weighted by Gasteiger charge is 2.22. The van der Waals surface area contributed by atoms with Crippen molar-refractivity contribution in [2.45, 2.75) is 11.0 Å². The van der Waals surface area contributed by atoms with Crippen LogP contribution in [0.3, 0.4) is 0 Å². The molecular formula is C20H17FOS. The average molecular weight is 324 g/mol. The molecule has 0 aliphatic carbocycles. The molecule has 3 heteroatoms. The smallest absolute Gasteiger partial charge is 0.127 e. The first-order chi connectivity index (χ1) is 11.3. The van der Waals surface area contributed by atoms with Crippen molar-refractivity contribution < 1.29 is 8.60 Å². The summed E-state index contributed by atoms with van der Waals surface area (Å²) in [6.45, 7) is 0. The van der Waals surface area contributed by atoms with Crippen molar-refractivity contribution in [2.24, 2.45) is 0 Å². The minimum atomic E-state index is -1.26. The van der Waals surface area contributed by atoms with Gasteiger partial charge in [0.25, 0.3) is 0 Å². The van der Waals surface area contributed by atoms with Crippen molar-refractivity contribution in [3.63, 3.8) is 0 Å². The second kappa shape index (κ2) is 7.34. The van der Waals surface area contributed by atoms with Crippen LogP contribution in [0.5, 0.6) is 0 Å². The molecule has 0 saturated heterocycles. The second-order valence-corrected chi connectivity index (χ2v) is 6.84. The Kier molecular flexibility index (Phi) is 4.99. The highest BCUT2D eigenvalue weighted by Crippen LogP contribution is 2.30. The van der Waals surface area contributed by atoms with Gasteiger partial charge in [-0.1, -0.05) is 78.9 Å². The Morgan fingerprint density at radius 1 is 0.739 bits per heavy atom. The summed E-state index contributed by atoms with van der Waals surface area (Å²) in [4.78, 5) is 0.